The number of nitrogens with two attached hydrogens (primary N) is 1. The van der Waals surface area contributed by atoms with E-state index in [2.05, 4.69) is 56.8 Å². The first kappa shape index (κ1) is 12.8. The molecule has 0 radical (unpaired) electrons. The summed E-state index contributed by atoms with van der Waals surface area (Å²) in [6, 6.07) is 8.30. The number of hydrogen-bond acceptors (Lipinski definition) is 4. The van der Waals surface area contributed by atoms with E-state index in [1.54, 1.807) is 10.7 Å². The van der Waals surface area contributed by atoms with Crippen molar-refractivity contribution < 1.29 is 0 Å². The molecule has 0 fully saturated rings. The second-order valence-electron chi connectivity index (χ2n) is 5.82. The van der Waals surface area contributed by atoms with Gasteiger partial charge in [-0.1, -0.05) is 34.9 Å². The van der Waals surface area contributed by atoms with Crippen molar-refractivity contribution in [2.24, 2.45) is 0 Å². The van der Waals surface area contributed by atoms with Gasteiger partial charge in [0, 0.05) is 5.56 Å². The number of nitrogen functional groups attached to an aromatic ring is 1. The highest BCUT2D eigenvalue weighted by Crippen LogP contribution is 2.29. The molecule has 2 N–H and O–H groups in total. The van der Waals surface area contributed by atoms with Gasteiger partial charge in [0.15, 0.2) is 11.5 Å². The standard InChI is InChI=1S/C12H14B3N5/c13-12(14,15)8-4-2-1-3-7(8)9-5-17-11-10(16)18-6-19-20(9)11/h1-6H,13-15H2,(H2,16,18,19). The Morgan fingerprint density at radius 2 is 1.85 bits per heavy atom. The van der Waals surface area contributed by atoms with E-state index in [1.165, 1.54) is 11.9 Å². The molecular weight excluding hydrogens is 247 g/mol. The van der Waals surface area contributed by atoms with Gasteiger partial charge in [-0.15, -0.1) is 0 Å². The number of benzene rings is 1. The number of hydrogen-bond donors (Lipinski definition) is 1. The van der Waals surface area contributed by atoms with Crippen LogP contribution >= 0.6 is 0 Å². The van der Waals surface area contributed by atoms with Gasteiger partial charge in [0.2, 0.25) is 0 Å². The van der Waals surface area contributed by atoms with Crippen LogP contribution in [0.4, 0.5) is 5.82 Å². The summed E-state index contributed by atoms with van der Waals surface area (Å²) in [6.07, 6.45) is 3.25. The van der Waals surface area contributed by atoms with Crippen LogP contribution in [-0.4, -0.2) is 43.1 Å². The Kier molecular flexibility index (Phi) is 2.81. The zero-order valence-electron chi connectivity index (χ0n) is 11.8. The molecule has 5 nitrogen and oxygen atoms in total. The zero-order valence-corrected chi connectivity index (χ0v) is 11.8. The first-order valence-electron chi connectivity index (χ1n) is 6.52. The highest BCUT2D eigenvalue weighted by molar-refractivity contribution is 6.59. The normalized spacial score (nSPS) is 11.8. The average molecular weight is 261 g/mol. The van der Waals surface area contributed by atoms with E-state index in [0.717, 1.165) is 11.3 Å². The predicted octanol–water partition coefficient (Wildman–Crippen LogP) is -1.62. The molecule has 0 spiro atoms. The lowest BCUT2D eigenvalue weighted by Gasteiger charge is -2.22. The summed E-state index contributed by atoms with van der Waals surface area (Å²) in [5, 5.41) is 4.31. The highest BCUT2D eigenvalue weighted by atomic mass is 15.3. The van der Waals surface area contributed by atoms with Crippen molar-refractivity contribution in [2.45, 2.75) is 5.11 Å². The molecule has 8 heteroatoms. The third kappa shape index (κ3) is 1.97. The zero-order chi connectivity index (χ0) is 14.3. The monoisotopic (exact) mass is 261 g/mol. The quantitative estimate of drug-likeness (QED) is 0.563. The van der Waals surface area contributed by atoms with Gasteiger partial charge in [-0.2, -0.15) is 5.10 Å². The fourth-order valence-electron chi connectivity index (χ4n) is 2.38. The van der Waals surface area contributed by atoms with E-state index in [0.29, 0.717) is 11.5 Å². The van der Waals surface area contributed by atoms with Gasteiger partial charge in [-0.3, -0.25) is 0 Å². The van der Waals surface area contributed by atoms with Gasteiger partial charge in [0.25, 0.3) is 0 Å². The number of fused-ring (bicyclic) bond motifs is 1. The molecule has 0 amide bonds. The van der Waals surface area contributed by atoms with Crippen molar-refractivity contribution in [1.82, 2.24) is 19.6 Å². The molecule has 0 aliphatic rings. The van der Waals surface area contributed by atoms with Crippen LogP contribution in [0.1, 0.15) is 5.56 Å². The molecule has 2 aromatic heterocycles. The van der Waals surface area contributed by atoms with Crippen molar-refractivity contribution in [3.63, 3.8) is 0 Å². The summed E-state index contributed by atoms with van der Waals surface area (Å²) in [5.41, 5.74) is 9.72. The molecular formula is C12H14B3N5. The van der Waals surface area contributed by atoms with Gasteiger partial charge < -0.3 is 5.73 Å². The third-order valence-corrected chi connectivity index (χ3v) is 3.34. The number of aromatic nitrogens is 4. The van der Waals surface area contributed by atoms with Crippen LogP contribution in [0.2, 0.25) is 0 Å². The first-order chi connectivity index (χ1) is 9.48. The SMILES string of the molecule is BC(B)(B)c1ccccc1-c1cnc2c(N)ncnn12. The van der Waals surface area contributed by atoms with Crippen LogP contribution < -0.4 is 5.73 Å². The maximum absolute atomic E-state index is 5.84. The van der Waals surface area contributed by atoms with E-state index in [9.17, 15) is 0 Å². The van der Waals surface area contributed by atoms with Crippen molar-refractivity contribution in [2.75, 3.05) is 5.73 Å². The van der Waals surface area contributed by atoms with Gasteiger partial charge in [-0.25, -0.2) is 14.5 Å². The van der Waals surface area contributed by atoms with Gasteiger partial charge >= 0.3 is 0 Å². The highest BCUT2D eigenvalue weighted by Gasteiger charge is 2.20. The summed E-state index contributed by atoms with van der Waals surface area (Å²) < 4.78 is 1.74. The Bertz CT molecular complexity index is 778. The average Bonchev–Trinajstić information content (AvgIpc) is 2.83. The lowest BCUT2D eigenvalue weighted by atomic mass is 9.39. The van der Waals surface area contributed by atoms with Crippen molar-refractivity contribution in [1.29, 1.82) is 0 Å². The Balaban J connectivity index is 2.30. The summed E-state index contributed by atoms with van der Waals surface area (Å²) in [7, 11) is 6.58. The fourth-order valence-corrected chi connectivity index (χ4v) is 2.38. The van der Waals surface area contributed by atoms with Crippen molar-refractivity contribution >= 4 is 35.0 Å². The molecule has 0 bridgehead atoms. The van der Waals surface area contributed by atoms with Crippen LogP contribution in [0.3, 0.4) is 0 Å². The van der Waals surface area contributed by atoms with E-state index < -0.39 is 0 Å². The van der Waals surface area contributed by atoms with Gasteiger partial charge in [0.05, 0.1) is 35.4 Å². The van der Waals surface area contributed by atoms with E-state index >= 15 is 0 Å². The minimum Gasteiger partial charge on any atom is -0.381 e. The Morgan fingerprint density at radius 3 is 2.60 bits per heavy atom. The lowest BCUT2D eigenvalue weighted by Crippen LogP contribution is -2.27. The molecule has 0 aliphatic heterocycles. The number of rotatable bonds is 2. The number of nitrogens with zero attached hydrogens (tertiary/aromatic N) is 4. The van der Waals surface area contributed by atoms with Crippen LogP contribution in [0.15, 0.2) is 36.8 Å². The predicted molar refractivity (Wildman–Crippen MR) is 87.9 cm³/mol. The molecule has 0 saturated carbocycles. The molecule has 3 aromatic rings. The smallest absolute Gasteiger partial charge is 0.197 e. The third-order valence-electron chi connectivity index (χ3n) is 3.34. The van der Waals surface area contributed by atoms with E-state index in [4.69, 9.17) is 5.73 Å². The fraction of sp³-hybridized carbons (Fsp3) is 0.0833. The van der Waals surface area contributed by atoms with E-state index in [1.807, 2.05) is 6.07 Å². The van der Waals surface area contributed by atoms with Crippen molar-refractivity contribution in [3.8, 4) is 11.3 Å². The molecule has 0 saturated heterocycles. The molecule has 0 unspecified atom stereocenters. The molecule has 0 atom stereocenters. The molecule has 20 heavy (non-hydrogen) atoms. The molecule has 1 aromatic carbocycles. The van der Waals surface area contributed by atoms with E-state index in [-0.39, 0.29) is 5.11 Å². The maximum Gasteiger partial charge on any atom is 0.197 e. The minimum absolute atomic E-state index is 0.0410. The van der Waals surface area contributed by atoms with Gasteiger partial charge in [-0.05, 0) is 0 Å². The summed E-state index contributed by atoms with van der Waals surface area (Å²) >= 11 is 0. The topological polar surface area (TPSA) is 69.1 Å². The summed E-state index contributed by atoms with van der Waals surface area (Å²) in [6.45, 7) is 0. The van der Waals surface area contributed by atoms with Crippen molar-refractivity contribution in [3.05, 3.63) is 42.4 Å². The van der Waals surface area contributed by atoms with Crippen LogP contribution in [0, 0.1) is 0 Å². The maximum atomic E-state index is 5.84. The minimum atomic E-state index is 0.0410. The molecule has 2 heterocycles. The second-order valence-corrected chi connectivity index (χ2v) is 5.82. The largest absolute Gasteiger partial charge is 0.381 e. The Hall–Kier alpha value is -2.24. The Labute approximate surface area is 119 Å². The number of anilines is 1. The lowest BCUT2D eigenvalue weighted by molar-refractivity contribution is 0.907. The molecule has 3 rings (SSSR count). The van der Waals surface area contributed by atoms with Crippen LogP contribution in [-0.2, 0) is 5.11 Å². The number of imidazole rings is 1. The van der Waals surface area contributed by atoms with Gasteiger partial charge in [0.1, 0.15) is 6.33 Å². The molecule has 0 aliphatic carbocycles. The molecule has 96 valence electrons. The first-order valence-corrected chi connectivity index (χ1v) is 6.52. The summed E-state index contributed by atoms with van der Waals surface area (Å²) in [5.74, 6) is 0.388. The second kappa shape index (κ2) is 4.40. The van der Waals surface area contributed by atoms with Crippen LogP contribution in [0.25, 0.3) is 16.9 Å². The van der Waals surface area contributed by atoms with Crippen LogP contribution in [0.5, 0.6) is 0 Å². The summed E-state index contributed by atoms with van der Waals surface area (Å²) in [4.78, 5) is 8.30. The Morgan fingerprint density at radius 1 is 1.10 bits per heavy atom.